The Morgan fingerprint density at radius 3 is 3.00 bits per heavy atom. The third-order valence-corrected chi connectivity index (χ3v) is 7.30. The van der Waals surface area contributed by atoms with Gasteiger partial charge in [-0.1, -0.05) is 41.4 Å². The Balaban J connectivity index is 1.36. The summed E-state index contributed by atoms with van der Waals surface area (Å²) in [6.45, 7) is 2.75. The van der Waals surface area contributed by atoms with Crippen molar-refractivity contribution in [1.29, 1.82) is 0 Å². The van der Waals surface area contributed by atoms with Crippen molar-refractivity contribution < 1.29 is 14.3 Å². The molecule has 30 heavy (non-hydrogen) atoms. The molecule has 0 atom stereocenters. The summed E-state index contributed by atoms with van der Waals surface area (Å²) in [5.74, 6) is 0.404. The van der Waals surface area contributed by atoms with Crippen LogP contribution in [0.2, 0.25) is 0 Å². The third-order valence-electron chi connectivity index (χ3n) is 4.17. The predicted octanol–water partition coefficient (Wildman–Crippen LogP) is 4.99. The second-order valence-electron chi connectivity index (χ2n) is 6.23. The lowest BCUT2D eigenvalue weighted by molar-refractivity contribution is -0.122. The number of fused-ring (bicyclic) bond motifs is 1. The minimum absolute atomic E-state index is 0.138. The lowest BCUT2D eigenvalue weighted by Gasteiger charge is -2.13. The molecule has 10 heteroatoms. The number of aromatic nitrogens is 1. The molecule has 2 amide bonds. The number of rotatable bonds is 7. The largest absolute Gasteiger partial charge is 0.494 e. The van der Waals surface area contributed by atoms with Crippen LogP contribution in [0.4, 0.5) is 5.13 Å². The minimum atomic E-state index is -0.213. The van der Waals surface area contributed by atoms with Crippen molar-refractivity contribution in [3.63, 3.8) is 0 Å². The van der Waals surface area contributed by atoms with Crippen LogP contribution >= 0.6 is 46.7 Å². The molecule has 3 heterocycles. The van der Waals surface area contributed by atoms with Gasteiger partial charge in [-0.15, -0.1) is 11.3 Å². The first-order chi connectivity index (χ1) is 14.5. The molecule has 1 aliphatic rings. The molecule has 1 N–H and O–H groups in total. The molecule has 1 fully saturated rings. The molecule has 4 rings (SSSR count). The number of ether oxygens (including phenoxy) is 1. The first-order valence-electron chi connectivity index (χ1n) is 9.15. The first-order valence-corrected chi connectivity index (χ1v) is 12.1. The maximum Gasteiger partial charge on any atom is 0.266 e. The molecule has 0 saturated carbocycles. The molecule has 0 bridgehead atoms. The molecule has 154 valence electrons. The van der Waals surface area contributed by atoms with Gasteiger partial charge in [0.15, 0.2) is 5.13 Å². The molecule has 1 saturated heterocycles. The SMILES string of the molecule is CCOc1ccc2nc(NC(=O)CCN3C(=O)/C(=C/c4cccs4)SC3=S)sc2c1. The Bertz CT molecular complexity index is 1140. The Kier molecular flexibility index (Phi) is 6.47. The number of amides is 2. The van der Waals surface area contributed by atoms with Crippen LogP contribution in [0, 0.1) is 0 Å². The summed E-state index contributed by atoms with van der Waals surface area (Å²) in [6, 6.07) is 9.51. The van der Waals surface area contributed by atoms with Crippen LogP contribution in [0.15, 0.2) is 40.6 Å². The van der Waals surface area contributed by atoms with Crippen molar-refractivity contribution in [1.82, 2.24) is 9.88 Å². The van der Waals surface area contributed by atoms with Crippen LogP contribution in [-0.2, 0) is 9.59 Å². The second-order valence-corrected chi connectivity index (χ2v) is 9.91. The summed E-state index contributed by atoms with van der Waals surface area (Å²) in [5.41, 5.74) is 0.800. The van der Waals surface area contributed by atoms with Gasteiger partial charge < -0.3 is 10.1 Å². The Hall–Kier alpha value is -2.27. The number of hydrogen-bond acceptors (Lipinski definition) is 8. The maximum absolute atomic E-state index is 12.6. The summed E-state index contributed by atoms with van der Waals surface area (Å²) in [4.78, 5) is 32.5. The fourth-order valence-electron chi connectivity index (χ4n) is 2.81. The van der Waals surface area contributed by atoms with Gasteiger partial charge in [0, 0.05) is 17.8 Å². The fourth-order valence-corrected chi connectivity index (χ4v) is 5.75. The van der Waals surface area contributed by atoms with E-state index in [1.807, 2.05) is 48.7 Å². The summed E-state index contributed by atoms with van der Waals surface area (Å²) in [5, 5.41) is 5.29. The molecule has 0 radical (unpaired) electrons. The molecule has 0 spiro atoms. The second kappa shape index (κ2) is 9.25. The van der Waals surface area contributed by atoms with Crippen LogP contribution in [0.3, 0.4) is 0 Å². The summed E-state index contributed by atoms with van der Waals surface area (Å²) < 4.78 is 6.91. The number of anilines is 1. The number of thiocarbonyl (C=S) groups is 1. The van der Waals surface area contributed by atoms with E-state index in [0.717, 1.165) is 20.8 Å². The lowest BCUT2D eigenvalue weighted by Crippen LogP contribution is -2.31. The normalized spacial score (nSPS) is 15.4. The number of carbonyl (C=O) groups excluding carboxylic acids is 2. The molecular weight excluding hydrogens is 459 g/mol. The van der Waals surface area contributed by atoms with Crippen LogP contribution < -0.4 is 10.1 Å². The van der Waals surface area contributed by atoms with Crippen LogP contribution in [0.5, 0.6) is 5.75 Å². The van der Waals surface area contributed by atoms with E-state index in [1.54, 1.807) is 11.3 Å². The van der Waals surface area contributed by atoms with E-state index in [4.69, 9.17) is 17.0 Å². The van der Waals surface area contributed by atoms with E-state index in [2.05, 4.69) is 10.3 Å². The first kappa shape index (κ1) is 21.0. The smallest absolute Gasteiger partial charge is 0.266 e. The van der Waals surface area contributed by atoms with Crippen molar-refractivity contribution in [2.45, 2.75) is 13.3 Å². The van der Waals surface area contributed by atoms with E-state index in [1.165, 1.54) is 28.0 Å². The number of nitrogens with one attached hydrogen (secondary N) is 1. The molecular formula is C20H17N3O3S4. The fraction of sp³-hybridized carbons (Fsp3) is 0.200. The number of hydrogen-bond donors (Lipinski definition) is 1. The van der Waals surface area contributed by atoms with Gasteiger partial charge in [0.05, 0.1) is 21.7 Å². The summed E-state index contributed by atoms with van der Waals surface area (Å²) in [7, 11) is 0. The van der Waals surface area contributed by atoms with Crippen molar-refractivity contribution >= 4 is 84.2 Å². The lowest BCUT2D eigenvalue weighted by atomic mass is 10.3. The highest BCUT2D eigenvalue weighted by molar-refractivity contribution is 8.26. The summed E-state index contributed by atoms with van der Waals surface area (Å²) >= 11 is 9.53. The maximum atomic E-state index is 12.6. The number of nitrogens with zero attached hydrogens (tertiary/aromatic N) is 2. The van der Waals surface area contributed by atoms with Gasteiger partial charge in [-0.3, -0.25) is 14.5 Å². The average Bonchev–Trinajstić information content (AvgIpc) is 3.41. The van der Waals surface area contributed by atoms with Crippen LogP contribution in [0.25, 0.3) is 16.3 Å². The molecule has 1 aromatic carbocycles. The molecule has 1 aliphatic heterocycles. The molecule has 0 unspecified atom stereocenters. The zero-order valence-corrected chi connectivity index (χ0v) is 19.2. The highest BCUT2D eigenvalue weighted by Gasteiger charge is 2.32. The van der Waals surface area contributed by atoms with Crippen molar-refractivity contribution in [2.75, 3.05) is 18.5 Å². The Morgan fingerprint density at radius 1 is 1.37 bits per heavy atom. The quantitative estimate of drug-likeness (QED) is 0.384. The monoisotopic (exact) mass is 475 g/mol. The predicted molar refractivity (Wildman–Crippen MR) is 128 cm³/mol. The van der Waals surface area contributed by atoms with Crippen molar-refractivity contribution in [3.8, 4) is 5.75 Å². The van der Waals surface area contributed by atoms with Crippen molar-refractivity contribution in [2.24, 2.45) is 0 Å². The number of carbonyl (C=O) groups is 2. The number of benzene rings is 1. The van der Waals surface area contributed by atoms with Crippen LogP contribution in [0.1, 0.15) is 18.2 Å². The van der Waals surface area contributed by atoms with Gasteiger partial charge in [0.1, 0.15) is 10.1 Å². The zero-order valence-electron chi connectivity index (χ0n) is 15.9. The standard InChI is InChI=1S/C20H17N3O3S4/c1-2-26-12-5-6-14-15(10-12)29-19(21-14)22-17(24)7-8-23-18(25)16(30-20(23)27)11-13-4-3-9-28-13/h3-6,9-11H,2,7-8H2,1H3,(H,21,22,24)/b16-11-. The van der Waals surface area contributed by atoms with E-state index in [9.17, 15) is 9.59 Å². The number of thiophene rings is 1. The third kappa shape index (κ3) is 4.72. The van der Waals surface area contributed by atoms with Crippen LogP contribution in [-0.4, -0.2) is 39.2 Å². The van der Waals surface area contributed by atoms with E-state index < -0.39 is 0 Å². The average molecular weight is 476 g/mol. The van der Waals surface area contributed by atoms with E-state index in [0.29, 0.717) is 21.0 Å². The van der Waals surface area contributed by atoms with Gasteiger partial charge in [0.2, 0.25) is 5.91 Å². The van der Waals surface area contributed by atoms with Gasteiger partial charge in [0.25, 0.3) is 5.91 Å². The van der Waals surface area contributed by atoms with E-state index in [-0.39, 0.29) is 24.8 Å². The van der Waals surface area contributed by atoms with Gasteiger partial charge >= 0.3 is 0 Å². The highest BCUT2D eigenvalue weighted by atomic mass is 32.2. The van der Waals surface area contributed by atoms with Gasteiger partial charge in [-0.25, -0.2) is 4.98 Å². The summed E-state index contributed by atoms with van der Waals surface area (Å²) in [6.07, 6.45) is 1.97. The number of thioether (sulfide) groups is 1. The van der Waals surface area contributed by atoms with Gasteiger partial charge in [-0.2, -0.15) is 0 Å². The zero-order chi connectivity index (χ0) is 21.1. The number of thiazole rings is 1. The Labute approximate surface area is 190 Å². The minimum Gasteiger partial charge on any atom is -0.494 e. The molecule has 2 aromatic heterocycles. The highest BCUT2D eigenvalue weighted by Crippen LogP contribution is 2.33. The Morgan fingerprint density at radius 2 is 2.23 bits per heavy atom. The molecule has 6 nitrogen and oxygen atoms in total. The van der Waals surface area contributed by atoms with Gasteiger partial charge in [-0.05, 0) is 42.6 Å². The molecule has 0 aliphatic carbocycles. The molecule has 3 aromatic rings. The van der Waals surface area contributed by atoms with Crippen molar-refractivity contribution in [3.05, 3.63) is 45.5 Å². The van der Waals surface area contributed by atoms with E-state index >= 15 is 0 Å². The topological polar surface area (TPSA) is 71.5 Å².